The molecule has 1 amide bonds. The number of hydrogen-bond acceptors (Lipinski definition) is 4. The van der Waals surface area contributed by atoms with Gasteiger partial charge in [0.25, 0.3) is 5.91 Å². The zero-order chi connectivity index (χ0) is 17.2. The van der Waals surface area contributed by atoms with Gasteiger partial charge in [-0.15, -0.1) is 11.3 Å². The number of para-hydroxylation sites is 1. The maximum Gasteiger partial charge on any atom is 0.274 e. The van der Waals surface area contributed by atoms with Gasteiger partial charge in [-0.2, -0.15) is 5.10 Å². The average molecular weight is 352 g/mol. The normalized spacial score (nSPS) is 17.2. The molecule has 3 aromatic rings. The first-order valence-electron chi connectivity index (χ1n) is 8.45. The van der Waals surface area contributed by atoms with E-state index in [4.69, 9.17) is 5.73 Å². The Hall–Kier alpha value is -2.44. The molecule has 25 heavy (non-hydrogen) atoms. The predicted molar refractivity (Wildman–Crippen MR) is 99.9 cm³/mol. The zero-order valence-electron chi connectivity index (χ0n) is 13.8. The predicted octanol–water partition coefficient (Wildman–Crippen LogP) is 3.02. The smallest absolute Gasteiger partial charge is 0.274 e. The SMILES string of the molecule is NCC1CCN(C(=O)c2cc(-c3cccs3)n(-c3ccccc3)n2)C1. The van der Waals surface area contributed by atoms with Crippen molar-refractivity contribution in [2.24, 2.45) is 11.7 Å². The Morgan fingerprint density at radius 1 is 1.24 bits per heavy atom. The second-order valence-electron chi connectivity index (χ2n) is 6.28. The minimum Gasteiger partial charge on any atom is -0.337 e. The van der Waals surface area contributed by atoms with Crippen LogP contribution < -0.4 is 5.73 Å². The molecule has 1 aromatic carbocycles. The fraction of sp³-hybridized carbons (Fsp3) is 0.263. The van der Waals surface area contributed by atoms with Crippen molar-refractivity contribution in [1.82, 2.24) is 14.7 Å². The first-order chi connectivity index (χ1) is 12.3. The van der Waals surface area contributed by atoms with Crippen LogP contribution in [0.4, 0.5) is 0 Å². The highest BCUT2D eigenvalue weighted by Crippen LogP contribution is 2.29. The van der Waals surface area contributed by atoms with Crippen molar-refractivity contribution in [2.45, 2.75) is 6.42 Å². The van der Waals surface area contributed by atoms with E-state index < -0.39 is 0 Å². The number of likely N-dealkylation sites (tertiary alicyclic amines) is 1. The Balaban J connectivity index is 1.71. The largest absolute Gasteiger partial charge is 0.337 e. The quantitative estimate of drug-likeness (QED) is 0.785. The molecular weight excluding hydrogens is 332 g/mol. The van der Waals surface area contributed by atoms with E-state index in [-0.39, 0.29) is 5.91 Å². The first-order valence-corrected chi connectivity index (χ1v) is 9.33. The van der Waals surface area contributed by atoms with Crippen LogP contribution in [-0.4, -0.2) is 40.2 Å². The summed E-state index contributed by atoms with van der Waals surface area (Å²) in [6.45, 7) is 2.11. The van der Waals surface area contributed by atoms with E-state index >= 15 is 0 Å². The number of benzene rings is 1. The molecule has 0 saturated carbocycles. The van der Waals surface area contributed by atoms with Crippen LogP contribution in [0.25, 0.3) is 16.3 Å². The fourth-order valence-corrected chi connectivity index (χ4v) is 3.95. The molecular formula is C19H20N4OS. The molecule has 1 aliphatic heterocycles. The number of aromatic nitrogens is 2. The van der Waals surface area contributed by atoms with Crippen LogP contribution in [0.15, 0.2) is 53.9 Å². The zero-order valence-corrected chi connectivity index (χ0v) is 14.7. The Labute approximate surface area is 150 Å². The van der Waals surface area contributed by atoms with E-state index in [9.17, 15) is 4.79 Å². The Morgan fingerprint density at radius 2 is 2.08 bits per heavy atom. The number of hydrogen-bond donors (Lipinski definition) is 1. The molecule has 1 saturated heterocycles. The molecule has 2 N–H and O–H groups in total. The van der Waals surface area contributed by atoms with E-state index in [1.54, 1.807) is 11.3 Å². The summed E-state index contributed by atoms with van der Waals surface area (Å²) in [4.78, 5) is 15.9. The van der Waals surface area contributed by atoms with Crippen molar-refractivity contribution in [3.05, 3.63) is 59.6 Å². The first kappa shape index (κ1) is 16.1. The lowest BCUT2D eigenvalue weighted by molar-refractivity contribution is 0.0781. The average Bonchev–Trinajstić information content (AvgIpc) is 3.41. The minimum absolute atomic E-state index is 0.0107. The van der Waals surface area contributed by atoms with E-state index in [1.165, 1.54) is 0 Å². The lowest BCUT2D eigenvalue weighted by Crippen LogP contribution is -2.30. The lowest BCUT2D eigenvalue weighted by atomic mass is 10.1. The molecule has 128 valence electrons. The molecule has 1 unspecified atom stereocenters. The molecule has 4 rings (SSSR count). The maximum absolute atomic E-state index is 12.9. The van der Waals surface area contributed by atoms with Crippen LogP contribution in [0.1, 0.15) is 16.9 Å². The molecule has 0 radical (unpaired) electrons. The summed E-state index contributed by atoms with van der Waals surface area (Å²) in [5.41, 5.74) is 8.13. The van der Waals surface area contributed by atoms with Crippen molar-refractivity contribution in [3.63, 3.8) is 0 Å². The highest BCUT2D eigenvalue weighted by atomic mass is 32.1. The van der Waals surface area contributed by atoms with Gasteiger partial charge in [-0.25, -0.2) is 4.68 Å². The summed E-state index contributed by atoms with van der Waals surface area (Å²) in [6, 6.07) is 15.9. The minimum atomic E-state index is -0.0107. The summed E-state index contributed by atoms with van der Waals surface area (Å²) < 4.78 is 1.86. The topological polar surface area (TPSA) is 64.2 Å². The van der Waals surface area contributed by atoms with Gasteiger partial charge in [0.1, 0.15) is 0 Å². The van der Waals surface area contributed by atoms with Crippen molar-refractivity contribution in [3.8, 4) is 16.3 Å². The summed E-state index contributed by atoms with van der Waals surface area (Å²) in [5.74, 6) is 0.389. The summed E-state index contributed by atoms with van der Waals surface area (Å²) in [6.07, 6.45) is 0.972. The van der Waals surface area contributed by atoms with Gasteiger partial charge >= 0.3 is 0 Å². The van der Waals surface area contributed by atoms with E-state index in [2.05, 4.69) is 11.2 Å². The van der Waals surface area contributed by atoms with Gasteiger partial charge in [0.15, 0.2) is 5.69 Å². The van der Waals surface area contributed by atoms with Gasteiger partial charge in [0.2, 0.25) is 0 Å². The van der Waals surface area contributed by atoms with Gasteiger partial charge in [-0.1, -0.05) is 24.3 Å². The van der Waals surface area contributed by atoms with E-state index in [0.29, 0.717) is 18.2 Å². The molecule has 0 spiro atoms. The van der Waals surface area contributed by atoms with Gasteiger partial charge in [-0.05, 0) is 48.5 Å². The molecule has 0 bridgehead atoms. The molecule has 1 fully saturated rings. The molecule has 6 heteroatoms. The van der Waals surface area contributed by atoms with Crippen molar-refractivity contribution in [2.75, 3.05) is 19.6 Å². The van der Waals surface area contributed by atoms with Crippen LogP contribution in [0.2, 0.25) is 0 Å². The van der Waals surface area contributed by atoms with Gasteiger partial charge in [0, 0.05) is 13.1 Å². The Bertz CT molecular complexity index is 857. The molecule has 1 atom stereocenters. The summed E-state index contributed by atoms with van der Waals surface area (Å²) in [7, 11) is 0. The van der Waals surface area contributed by atoms with Gasteiger partial charge in [-0.3, -0.25) is 4.79 Å². The molecule has 5 nitrogen and oxygen atoms in total. The van der Waals surface area contributed by atoms with Crippen molar-refractivity contribution >= 4 is 17.2 Å². The van der Waals surface area contributed by atoms with Crippen molar-refractivity contribution in [1.29, 1.82) is 0 Å². The number of thiophene rings is 1. The highest BCUT2D eigenvalue weighted by molar-refractivity contribution is 7.13. The number of amides is 1. The molecule has 1 aliphatic rings. The second-order valence-corrected chi connectivity index (χ2v) is 7.23. The van der Waals surface area contributed by atoms with Gasteiger partial charge in [0.05, 0.1) is 16.3 Å². The third-order valence-electron chi connectivity index (χ3n) is 4.61. The summed E-state index contributed by atoms with van der Waals surface area (Å²) in [5, 5.41) is 6.67. The van der Waals surface area contributed by atoms with E-state index in [0.717, 1.165) is 35.8 Å². The van der Waals surface area contributed by atoms with E-state index in [1.807, 2.05) is 57.4 Å². The number of nitrogens with two attached hydrogens (primary N) is 1. The Morgan fingerprint density at radius 3 is 2.76 bits per heavy atom. The lowest BCUT2D eigenvalue weighted by Gasteiger charge is -2.14. The Kier molecular flexibility index (Phi) is 4.38. The number of carbonyl (C=O) groups is 1. The van der Waals surface area contributed by atoms with Crippen LogP contribution in [0, 0.1) is 5.92 Å². The highest BCUT2D eigenvalue weighted by Gasteiger charge is 2.28. The van der Waals surface area contributed by atoms with Crippen molar-refractivity contribution < 1.29 is 4.79 Å². The molecule has 0 aliphatic carbocycles. The van der Waals surface area contributed by atoms with Crippen LogP contribution in [0.5, 0.6) is 0 Å². The second kappa shape index (κ2) is 6.82. The van der Waals surface area contributed by atoms with Crippen LogP contribution in [0.3, 0.4) is 0 Å². The third-order valence-corrected chi connectivity index (χ3v) is 5.50. The fourth-order valence-electron chi connectivity index (χ4n) is 3.22. The number of rotatable bonds is 4. The molecule has 2 aromatic heterocycles. The maximum atomic E-state index is 12.9. The third kappa shape index (κ3) is 3.10. The number of nitrogens with zero attached hydrogens (tertiary/aromatic N) is 3. The summed E-state index contributed by atoms with van der Waals surface area (Å²) >= 11 is 1.64. The van der Waals surface area contributed by atoms with Crippen LogP contribution in [-0.2, 0) is 0 Å². The van der Waals surface area contributed by atoms with Crippen LogP contribution >= 0.6 is 11.3 Å². The molecule has 3 heterocycles. The number of carbonyl (C=O) groups excluding carboxylic acids is 1. The standard InChI is InChI=1S/C19H20N4OS/c20-12-14-8-9-22(13-14)19(24)16-11-17(18-7-4-10-25-18)23(21-16)15-5-2-1-3-6-15/h1-7,10-11,14H,8-9,12-13,20H2. The van der Waals surface area contributed by atoms with Gasteiger partial charge < -0.3 is 10.6 Å². The monoisotopic (exact) mass is 352 g/mol.